The Labute approximate surface area is 134 Å². The van der Waals surface area contributed by atoms with E-state index in [9.17, 15) is 21.6 Å². The van der Waals surface area contributed by atoms with Gasteiger partial charge in [-0.05, 0) is 25.1 Å². The van der Waals surface area contributed by atoms with E-state index < -0.39 is 26.0 Å². The molecule has 2 aromatic rings. The van der Waals surface area contributed by atoms with Crippen LogP contribution < -0.4 is 4.72 Å². The van der Waals surface area contributed by atoms with Gasteiger partial charge in [-0.15, -0.1) is 0 Å². The number of hydrogen-bond donors (Lipinski definition) is 1. The van der Waals surface area contributed by atoms with E-state index in [-0.39, 0.29) is 27.8 Å². The van der Waals surface area contributed by atoms with Gasteiger partial charge in [0.05, 0.1) is 30.7 Å². The summed E-state index contributed by atoms with van der Waals surface area (Å²) in [6.07, 6.45) is 2.01. The topological polar surface area (TPSA) is 112 Å². The summed E-state index contributed by atoms with van der Waals surface area (Å²) < 4.78 is 54.7. The van der Waals surface area contributed by atoms with Gasteiger partial charge < -0.3 is 4.74 Å². The maximum absolute atomic E-state index is 12.0. The van der Waals surface area contributed by atoms with E-state index in [1.807, 2.05) is 0 Å². The molecule has 23 heavy (non-hydrogen) atoms. The van der Waals surface area contributed by atoms with E-state index >= 15 is 0 Å². The number of anilines is 1. The Hall–Kier alpha value is -2.07. The molecule has 0 atom stereocenters. The fourth-order valence-corrected chi connectivity index (χ4v) is 4.12. The molecule has 126 valence electrons. The number of carbonyl (C=O) groups excluding carboxylic acids is 1. The molecule has 0 unspecified atom stereocenters. The third kappa shape index (κ3) is 3.32. The lowest BCUT2D eigenvalue weighted by atomic mass is 10.1. The predicted octanol–water partition coefficient (Wildman–Crippen LogP) is 0.916. The Kier molecular flexibility index (Phi) is 4.16. The van der Waals surface area contributed by atoms with Crippen molar-refractivity contribution in [3.63, 3.8) is 0 Å². The largest absolute Gasteiger partial charge is 0.465 e. The normalized spacial score (nSPS) is 12.3. The molecular formula is C13H16N2O6S2. The molecule has 1 aromatic heterocycles. The molecule has 0 fully saturated rings. The summed E-state index contributed by atoms with van der Waals surface area (Å²) in [5.74, 6) is -0.702. The Morgan fingerprint density at radius 2 is 1.78 bits per heavy atom. The van der Waals surface area contributed by atoms with E-state index in [1.54, 1.807) is 0 Å². The number of hydrogen-bond acceptors (Lipinski definition) is 6. The van der Waals surface area contributed by atoms with Gasteiger partial charge >= 0.3 is 5.97 Å². The van der Waals surface area contributed by atoms with Gasteiger partial charge in [-0.2, -0.15) is 0 Å². The number of esters is 1. The van der Waals surface area contributed by atoms with Gasteiger partial charge in [-0.25, -0.2) is 25.6 Å². The van der Waals surface area contributed by atoms with Crippen LogP contribution in [0, 0.1) is 6.92 Å². The van der Waals surface area contributed by atoms with Crippen molar-refractivity contribution >= 4 is 42.6 Å². The fourth-order valence-electron chi connectivity index (χ4n) is 2.46. The maximum Gasteiger partial charge on any atom is 0.340 e. The first-order valence-electron chi connectivity index (χ1n) is 6.37. The van der Waals surface area contributed by atoms with E-state index in [0.717, 1.165) is 16.5 Å². The second-order valence-electron chi connectivity index (χ2n) is 5.09. The number of carbonyl (C=O) groups is 1. The van der Waals surface area contributed by atoms with Gasteiger partial charge in [0.15, 0.2) is 0 Å². The monoisotopic (exact) mass is 360 g/mol. The van der Waals surface area contributed by atoms with Gasteiger partial charge in [0.25, 0.3) is 0 Å². The molecule has 1 aromatic carbocycles. The summed E-state index contributed by atoms with van der Waals surface area (Å²) in [7, 11) is -5.98. The van der Waals surface area contributed by atoms with Gasteiger partial charge in [-0.3, -0.25) is 4.72 Å². The van der Waals surface area contributed by atoms with Crippen molar-refractivity contribution in [3.05, 3.63) is 29.5 Å². The lowest BCUT2D eigenvalue weighted by molar-refractivity contribution is 0.0602. The van der Waals surface area contributed by atoms with Gasteiger partial charge in [-0.1, -0.05) is 0 Å². The zero-order valence-electron chi connectivity index (χ0n) is 12.9. The summed E-state index contributed by atoms with van der Waals surface area (Å²) in [5.41, 5.74) is 0.760. The van der Waals surface area contributed by atoms with Crippen molar-refractivity contribution in [2.45, 2.75) is 6.92 Å². The molecule has 1 N–H and O–H groups in total. The number of methoxy groups -OCH3 is 1. The lowest BCUT2D eigenvalue weighted by Crippen LogP contribution is -2.13. The Balaban J connectivity index is 2.88. The first-order valence-corrected chi connectivity index (χ1v) is 10.1. The SMILES string of the molecule is COC(=O)c1c(C)n(S(C)(=O)=O)c2ccc(NS(C)(=O)=O)cc12. The predicted molar refractivity (Wildman–Crippen MR) is 86.7 cm³/mol. The van der Waals surface area contributed by atoms with E-state index in [4.69, 9.17) is 4.74 Å². The molecule has 0 amide bonds. The van der Waals surface area contributed by atoms with Crippen LogP contribution in [0.2, 0.25) is 0 Å². The van der Waals surface area contributed by atoms with Gasteiger partial charge in [0.2, 0.25) is 20.0 Å². The molecule has 0 aliphatic heterocycles. The zero-order valence-corrected chi connectivity index (χ0v) is 14.6. The molecule has 0 bridgehead atoms. The Morgan fingerprint density at radius 3 is 2.26 bits per heavy atom. The van der Waals surface area contributed by atoms with Crippen LogP contribution in [0.1, 0.15) is 16.1 Å². The maximum atomic E-state index is 12.0. The minimum absolute atomic E-state index is 0.0741. The molecule has 0 aliphatic rings. The highest BCUT2D eigenvalue weighted by atomic mass is 32.2. The molecular weight excluding hydrogens is 344 g/mol. The number of nitrogens with one attached hydrogen (secondary N) is 1. The van der Waals surface area contributed by atoms with Crippen LogP contribution in [0.5, 0.6) is 0 Å². The first kappa shape index (κ1) is 17.3. The molecule has 8 nitrogen and oxygen atoms in total. The smallest absolute Gasteiger partial charge is 0.340 e. The molecule has 1 heterocycles. The van der Waals surface area contributed by atoms with Crippen molar-refractivity contribution in [3.8, 4) is 0 Å². The van der Waals surface area contributed by atoms with E-state index in [1.165, 1.54) is 32.2 Å². The van der Waals surface area contributed by atoms with Crippen molar-refractivity contribution in [2.75, 3.05) is 24.3 Å². The zero-order chi connectivity index (χ0) is 17.6. The number of fused-ring (bicyclic) bond motifs is 1. The highest BCUT2D eigenvalue weighted by Crippen LogP contribution is 2.30. The number of ether oxygens (including phenoxy) is 1. The molecule has 0 aliphatic carbocycles. The molecule has 0 radical (unpaired) electrons. The van der Waals surface area contributed by atoms with E-state index in [0.29, 0.717) is 0 Å². The van der Waals surface area contributed by atoms with Crippen molar-refractivity contribution in [1.29, 1.82) is 0 Å². The number of sulfonamides is 1. The van der Waals surface area contributed by atoms with Gasteiger partial charge in [0.1, 0.15) is 0 Å². The fraction of sp³-hybridized carbons (Fsp3) is 0.308. The van der Waals surface area contributed by atoms with E-state index in [2.05, 4.69) is 4.72 Å². The average molecular weight is 360 g/mol. The van der Waals surface area contributed by atoms with Crippen molar-refractivity contribution < 1.29 is 26.4 Å². The van der Waals surface area contributed by atoms with Crippen molar-refractivity contribution in [1.82, 2.24) is 3.97 Å². The molecule has 0 saturated carbocycles. The summed E-state index contributed by atoms with van der Waals surface area (Å²) in [6.45, 7) is 1.48. The number of benzene rings is 1. The average Bonchev–Trinajstić information content (AvgIpc) is 2.67. The minimum Gasteiger partial charge on any atom is -0.465 e. The summed E-state index contributed by atoms with van der Waals surface area (Å²) in [6, 6.07) is 4.26. The van der Waals surface area contributed by atoms with Crippen LogP contribution in [-0.4, -0.2) is 46.4 Å². The molecule has 2 rings (SSSR count). The lowest BCUT2D eigenvalue weighted by Gasteiger charge is -2.06. The van der Waals surface area contributed by atoms with Gasteiger partial charge in [0, 0.05) is 16.8 Å². The Morgan fingerprint density at radius 1 is 1.17 bits per heavy atom. The Bertz CT molecular complexity index is 1000. The van der Waals surface area contributed by atoms with Crippen LogP contribution >= 0.6 is 0 Å². The number of aromatic nitrogens is 1. The minimum atomic E-state index is -3.66. The van der Waals surface area contributed by atoms with Crippen LogP contribution in [0.4, 0.5) is 5.69 Å². The first-order chi connectivity index (χ1) is 10.5. The third-order valence-electron chi connectivity index (χ3n) is 3.18. The summed E-state index contributed by atoms with van der Waals surface area (Å²) in [4.78, 5) is 12.0. The standard InChI is InChI=1S/C13H16N2O6S2/c1-8-12(13(16)21-2)10-7-9(14-22(3,17)18)5-6-11(10)15(8)23(4,19)20/h5-7,14H,1-4H3. The number of nitrogens with zero attached hydrogens (tertiary/aromatic N) is 1. The summed E-state index contributed by atoms with van der Waals surface area (Å²) >= 11 is 0. The highest BCUT2D eigenvalue weighted by Gasteiger charge is 2.25. The second kappa shape index (κ2) is 5.53. The van der Waals surface area contributed by atoms with Crippen molar-refractivity contribution in [2.24, 2.45) is 0 Å². The molecule has 10 heteroatoms. The van der Waals surface area contributed by atoms with Crippen LogP contribution in [0.25, 0.3) is 10.9 Å². The second-order valence-corrected chi connectivity index (χ2v) is 8.67. The van der Waals surface area contributed by atoms with Crippen LogP contribution in [0.15, 0.2) is 18.2 Å². The molecule has 0 spiro atoms. The number of rotatable bonds is 4. The quantitative estimate of drug-likeness (QED) is 0.812. The summed E-state index contributed by atoms with van der Waals surface area (Å²) in [5, 5.41) is 0.286. The molecule has 0 saturated heterocycles. The van der Waals surface area contributed by atoms with Crippen LogP contribution in [-0.2, 0) is 24.8 Å². The van der Waals surface area contributed by atoms with Crippen LogP contribution in [0.3, 0.4) is 0 Å². The third-order valence-corrected chi connectivity index (χ3v) is 4.92. The highest BCUT2D eigenvalue weighted by molar-refractivity contribution is 7.92.